The molecule has 0 radical (unpaired) electrons. The molecule has 2 N–H and O–H groups in total. The minimum absolute atomic E-state index is 0.561. The fraction of sp³-hybridized carbons (Fsp3) is 0.550. The molecule has 0 unspecified atom stereocenters. The molecule has 2 aliphatic heterocycles. The van der Waals surface area contributed by atoms with Crippen molar-refractivity contribution in [2.75, 3.05) is 38.1 Å². The van der Waals surface area contributed by atoms with Gasteiger partial charge in [0, 0.05) is 36.8 Å². The zero-order valence-corrected chi connectivity index (χ0v) is 17.2. The van der Waals surface area contributed by atoms with Crippen LogP contribution in [0.1, 0.15) is 25.7 Å². The van der Waals surface area contributed by atoms with E-state index in [1.54, 1.807) is 0 Å². The Bertz CT molecular complexity index is 761. The van der Waals surface area contributed by atoms with Crippen LogP contribution in [0.15, 0.2) is 24.3 Å². The van der Waals surface area contributed by atoms with Crippen LogP contribution in [-0.4, -0.2) is 60.4 Å². The number of hydrogen-bond donors (Lipinski definition) is 2. The molecular weight excluding hydrogens is 381 g/mol. The predicted octanol–water partition coefficient (Wildman–Crippen LogP) is 4.04. The topological polar surface area (TPSA) is 47.2 Å². The van der Waals surface area contributed by atoms with Crippen LogP contribution < -0.4 is 10.2 Å². The van der Waals surface area contributed by atoms with Crippen molar-refractivity contribution >= 4 is 29.0 Å². The fourth-order valence-electron chi connectivity index (χ4n) is 4.07. The van der Waals surface area contributed by atoms with Gasteiger partial charge in [0.15, 0.2) is 5.82 Å². The lowest BCUT2D eigenvalue weighted by Crippen LogP contribution is -2.49. The molecular formula is C20H27Cl2N5. The van der Waals surface area contributed by atoms with Crippen molar-refractivity contribution in [1.29, 1.82) is 0 Å². The van der Waals surface area contributed by atoms with Crippen LogP contribution in [0.3, 0.4) is 0 Å². The van der Waals surface area contributed by atoms with E-state index in [-0.39, 0.29) is 0 Å². The number of nitrogens with zero attached hydrogens (tertiary/aromatic N) is 3. The molecule has 3 heterocycles. The Morgan fingerprint density at radius 1 is 0.963 bits per heavy atom. The van der Waals surface area contributed by atoms with E-state index in [9.17, 15) is 0 Å². The van der Waals surface area contributed by atoms with Crippen LogP contribution in [0.25, 0.3) is 11.3 Å². The van der Waals surface area contributed by atoms with E-state index < -0.39 is 0 Å². The van der Waals surface area contributed by atoms with Crippen molar-refractivity contribution in [3.63, 3.8) is 0 Å². The maximum Gasteiger partial charge on any atom is 0.150 e. The van der Waals surface area contributed by atoms with E-state index in [1.807, 2.05) is 18.2 Å². The van der Waals surface area contributed by atoms with Gasteiger partial charge in [-0.25, -0.2) is 0 Å². The number of nitrogens with one attached hydrogen (secondary N) is 2. The quantitative estimate of drug-likeness (QED) is 0.802. The van der Waals surface area contributed by atoms with Gasteiger partial charge in [0.2, 0.25) is 0 Å². The minimum atomic E-state index is 0.561. The Balaban J connectivity index is 1.32. The van der Waals surface area contributed by atoms with Crippen LogP contribution in [0.2, 0.25) is 10.0 Å². The molecule has 2 saturated heterocycles. The summed E-state index contributed by atoms with van der Waals surface area (Å²) in [7, 11) is 2.21. The molecule has 1 aromatic heterocycles. The Morgan fingerprint density at radius 2 is 1.63 bits per heavy atom. The number of piperidine rings is 2. The Hall–Kier alpha value is -1.27. The Labute approximate surface area is 171 Å². The first-order valence-corrected chi connectivity index (χ1v) is 10.5. The number of rotatable bonds is 4. The van der Waals surface area contributed by atoms with Gasteiger partial charge in [0.05, 0.1) is 15.7 Å². The van der Waals surface area contributed by atoms with Gasteiger partial charge in [-0.05, 0) is 58.0 Å². The van der Waals surface area contributed by atoms with Crippen molar-refractivity contribution in [2.24, 2.45) is 0 Å². The smallest absolute Gasteiger partial charge is 0.150 e. The van der Waals surface area contributed by atoms with E-state index in [4.69, 9.17) is 23.2 Å². The summed E-state index contributed by atoms with van der Waals surface area (Å²) in [6.07, 6.45) is 4.87. The highest BCUT2D eigenvalue weighted by Gasteiger charge is 2.24. The number of aromatic amines is 1. The van der Waals surface area contributed by atoms with Crippen LogP contribution in [-0.2, 0) is 0 Å². The third-order valence-corrected chi connectivity index (χ3v) is 6.54. The molecule has 1 aromatic carbocycles. The lowest BCUT2D eigenvalue weighted by Gasteiger charge is -2.37. The summed E-state index contributed by atoms with van der Waals surface area (Å²) in [5.41, 5.74) is 1.97. The summed E-state index contributed by atoms with van der Waals surface area (Å²) in [4.78, 5) is 4.79. The first-order valence-electron chi connectivity index (χ1n) is 9.79. The van der Waals surface area contributed by atoms with Gasteiger partial charge in [0.1, 0.15) is 0 Å². The Kier molecular flexibility index (Phi) is 5.93. The van der Waals surface area contributed by atoms with Crippen LogP contribution >= 0.6 is 23.2 Å². The monoisotopic (exact) mass is 407 g/mol. The number of hydrogen-bond acceptors (Lipinski definition) is 4. The standard InChI is InChI=1S/C20H27Cl2N5/c1-26-8-4-15(5-9-26)23-16-6-10-27(11-7-16)20-13-19(24-25-20)14-2-3-17(21)18(22)12-14/h2-3,12-13,15-16,23H,4-11H2,1H3,(H,24,25). The number of halogens is 2. The normalized spacial score (nSPS) is 20.3. The van der Waals surface area contributed by atoms with Gasteiger partial charge in [-0.2, -0.15) is 5.10 Å². The van der Waals surface area contributed by atoms with E-state index >= 15 is 0 Å². The predicted molar refractivity (Wildman–Crippen MR) is 113 cm³/mol. The number of H-pyrrole nitrogens is 1. The van der Waals surface area contributed by atoms with Gasteiger partial charge in [-0.1, -0.05) is 29.3 Å². The summed E-state index contributed by atoms with van der Waals surface area (Å²) < 4.78 is 0. The molecule has 0 amide bonds. The van der Waals surface area contributed by atoms with Gasteiger partial charge in [-0.15, -0.1) is 0 Å². The lowest BCUT2D eigenvalue weighted by atomic mass is 9.99. The summed E-state index contributed by atoms with van der Waals surface area (Å²) in [5.74, 6) is 1.01. The highest BCUT2D eigenvalue weighted by Crippen LogP contribution is 2.29. The molecule has 2 fully saturated rings. The summed E-state index contributed by atoms with van der Waals surface area (Å²) in [5, 5.41) is 12.7. The molecule has 146 valence electrons. The van der Waals surface area contributed by atoms with Crippen molar-refractivity contribution < 1.29 is 0 Å². The zero-order valence-electron chi connectivity index (χ0n) is 15.7. The molecule has 2 aliphatic rings. The number of likely N-dealkylation sites (tertiary alicyclic amines) is 1. The first kappa shape index (κ1) is 19.1. The second-order valence-corrected chi connectivity index (χ2v) is 8.59. The largest absolute Gasteiger partial charge is 0.355 e. The van der Waals surface area contributed by atoms with Gasteiger partial charge >= 0.3 is 0 Å². The highest BCUT2D eigenvalue weighted by molar-refractivity contribution is 6.42. The lowest BCUT2D eigenvalue weighted by molar-refractivity contribution is 0.217. The molecule has 0 spiro atoms. The van der Waals surface area contributed by atoms with Crippen molar-refractivity contribution in [3.8, 4) is 11.3 Å². The van der Waals surface area contributed by atoms with Crippen molar-refractivity contribution in [2.45, 2.75) is 37.8 Å². The third kappa shape index (κ3) is 4.60. The maximum atomic E-state index is 6.14. The third-order valence-electron chi connectivity index (χ3n) is 5.80. The maximum absolute atomic E-state index is 6.14. The summed E-state index contributed by atoms with van der Waals surface area (Å²) in [6, 6.07) is 9.07. The number of aromatic nitrogens is 2. The van der Waals surface area contributed by atoms with Crippen molar-refractivity contribution in [1.82, 2.24) is 20.4 Å². The summed E-state index contributed by atoms with van der Waals surface area (Å²) in [6.45, 7) is 4.49. The van der Waals surface area contributed by atoms with E-state index in [0.29, 0.717) is 22.1 Å². The molecule has 0 aliphatic carbocycles. The van der Waals surface area contributed by atoms with Crippen LogP contribution in [0.4, 0.5) is 5.82 Å². The van der Waals surface area contributed by atoms with Crippen LogP contribution in [0, 0.1) is 0 Å². The molecule has 7 heteroatoms. The molecule has 0 saturated carbocycles. The first-order chi connectivity index (χ1) is 13.1. The molecule has 5 nitrogen and oxygen atoms in total. The SMILES string of the molecule is CN1CCC(NC2CCN(c3cc(-c4ccc(Cl)c(Cl)c4)[nH]n3)CC2)CC1. The van der Waals surface area contributed by atoms with Gasteiger partial charge in [0.25, 0.3) is 0 Å². The number of benzene rings is 1. The molecule has 0 bridgehead atoms. The van der Waals surface area contributed by atoms with Gasteiger partial charge in [-0.3, -0.25) is 5.10 Å². The van der Waals surface area contributed by atoms with Crippen molar-refractivity contribution in [3.05, 3.63) is 34.3 Å². The fourth-order valence-corrected chi connectivity index (χ4v) is 4.37. The zero-order chi connectivity index (χ0) is 18.8. The van der Waals surface area contributed by atoms with E-state index in [0.717, 1.165) is 30.2 Å². The average Bonchev–Trinajstić information content (AvgIpc) is 3.17. The summed E-state index contributed by atoms with van der Waals surface area (Å²) >= 11 is 12.1. The Morgan fingerprint density at radius 3 is 2.30 bits per heavy atom. The van der Waals surface area contributed by atoms with Gasteiger partial charge < -0.3 is 15.1 Å². The van der Waals surface area contributed by atoms with E-state index in [1.165, 1.54) is 38.8 Å². The second kappa shape index (κ2) is 8.39. The minimum Gasteiger partial charge on any atom is -0.355 e. The second-order valence-electron chi connectivity index (χ2n) is 7.77. The molecule has 0 atom stereocenters. The molecule has 4 rings (SSSR count). The van der Waals surface area contributed by atoms with Crippen LogP contribution in [0.5, 0.6) is 0 Å². The molecule has 2 aromatic rings. The molecule has 27 heavy (non-hydrogen) atoms. The van der Waals surface area contributed by atoms with E-state index in [2.05, 4.69) is 38.4 Å². The highest BCUT2D eigenvalue weighted by atomic mass is 35.5. The average molecular weight is 408 g/mol. The number of anilines is 1.